The predicted molar refractivity (Wildman–Crippen MR) is 178 cm³/mol. The van der Waals surface area contributed by atoms with Crippen LogP contribution in [0.15, 0.2) is 18.2 Å². The third-order valence-electron chi connectivity index (χ3n) is 7.90. The van der Waals surface area contributed by atoms with Crippen LogP contribution in [0, 0.1) is 0 Å². The van der Waals surface area contributed by atoms with E-state index in [0.717, 1.165) is 25.7 Å². The summed E-state index contributed by atoms with van der Waals surface area (Å²) in [7, 11) is -0.160. The molecule has 0 N–H and O–H groups in total. The van der Waals surface area contributed by atoms with Crippen LogP contribution in [0.2, 0.25) is 5.02 Å². The van der Waals surface area contributed by atoms with Crippen molar-refractivity contribution in [3.8, 4) is 5.75 Å². The average molecular weight is 671 g/mol. The molecule has 2 heterocycles. The highest BCUT2D eigenvalue weighted by atomic mass is 35.5. The maximum atomic E-state index is 14.6. The summed E-state index contributed by atoms with van der Waals surface area (Å²) in [6.07, 6.45) is 2.63. The van der Waals surface area contributed by atoms with Gasteiger partial charge in [-0.1, -0.05) is 23.7 Å². The van der Waals surface area contributed by atoms with Gasteiger partial charge in [0.1, 0.15) is 23.7 Å². The number of aromatic nitrogens is 1. The molecule has 1 aliphatic heterocycles. The number of carbonyl (C=O) groups is 2. The molecule has 1 atom stereocenters. The number of hydrogen-bond acceptors (Lipinski definition) is 7. The molecule has 2 amide bonds. The highest BCUT2D eigenvalue weighted by Crippen LogP contribution is 2.38. The van der Waals surface area contributed by atoms with Gasteiger partial charge in [-0.25, -0.2) is 17.5 Å². The van der Waals surface area contributed by atoms with Crippen LogP contribution in [0.5, 0.6) is 5.75 Å². The number of likely N-dealkylation sites (N-methyl/N-ethyl adjacent to an activating group) is 1. The number of para-hydroxylation sites is 1. The molecule has 1 aromatic heterocycles. The fraction of sp³-hybridized carbons (Fsp3) is 0.688. The summed E-state index contributed by atoms with van der Waals surface area (Å²) < 4.78 is 44.7. The maximum absolute atomic E-state index is 14.6. The Kier molecular flexibility index (Phi) is 13.0. The number of carbonyl (C=O) groups excluding carboxylic acids is 2. The van der Waals surface area contributed by atoms with E-state index < -0.39 is 15.6 Å². The van der Waals surface area contributed by atoms with Gasteiger partial charge in [-0.3, -0.25) is 4.79 Å². The number of unbranched alkanes of at least 4 members (excludes halogenated alkanes) is 1. The zero-order valence-electron chi connectivity index (χ0n) is 28.1. The quantitative estimate of drug-likeness (QED) is 0.240. The van der Waals surface area contributed by atoms with Gasteiger partial charge in [-0.2, -0.15) is 0 Å². The summed E-state index contributed by atoms with van der Waals surface area (Å²) in [6.45, 7) is 13.4. The largest absolute Gasteiger partial charge is 0.490 e. The third kappa shape index (κ3) is 9.27. The van der Waals surface area contributed by atoms with Crippen molar-refractivity contribution in [1.29, 1.82) is 0 Å². The molecule has 0 radical (unpaired) electrons. The lowest BCUT2D eigenvalue weighted by Gasteiger charge is -2.41. The topological polar surface area (TPSA) is 111 Å². The number of sulfonamides is 1. The molecule has 1 saturated heterocycles. The zero-order chi connectivity index (χ0) is 33.5. The summed E-state index contributed by atoms with van der Waals surface area (Å²) in [4.78, 5) is 31.1. The molecular formula is C32H51ClN4O7S. The van der Waals surface area contributed by atoms with E-state index in [9.17, 15) is 18.0 Å². The monoisotopic (exact) mass is 670 g/mol. The number of piperidine rings is 1. The van der Waals surface area contributed by atoms with E-state index in [-0.39, 0.29) is 43.0 Å². The van der Waals surface area contributed by atoms with Crippen LogP contribution in [-0.4, -0.2) is 110 Å². The Balaban J connectivity index is 2.00. The highest BCUT2D eigenvalue weighted by Gasteiger charge is 2.37. The Hall–Kier alpha value is -2.54. The van der Waals surface area contributed by atoms with E-state index in [2.05, 4.69) is 0 Å². The number of likely N-dealkylation sites (tertiary alicyclic amines) is 1. The van der Waals surface area contributed by atoms with Crippen molar-refractivity contribution in [2.45, 2.75) is 91.5 Å². The Morgan fingerprint density at radius 3 is 2.49 bits per heavy atom. The van der Waals surface area contributed by atoms with Crippen molar-refractivity contribution in [2.24, 2.45) is 0 Å². The molecule has 13 heteroatoms. The molecule has 2 aromatic rings. The van der Waals surface area contributed by atoms with Crippen LogP contribution in [-0.2, 0) is 26.0 Å². The minimum Gasteiger partial charge on any atom is -0.490 e. The van der Waals surface area contributed by atoms with Gasteiger partial charge in [-0.05, 0) is 73.3 Å². The average Bonchev–Trinajstić information content (AvgIpc) is 3.26. The van der Waals surface area contributed by atoms with Crippen LogP contribution in [0.1, 0.15) is 77.7 Å². The molecule has 1 aliphatic rings. The van der Waals surface area contributed by atoms with Crippen molar-refractivity contribution in [3.63, 3.8) is 0 Å². The summed E-state index contributed by atoms with van der Waals surface area (Å²) in [5.41, 5.74) is 0.440. The normalized spacial score (nSPS) is 16.1. The molecule has 11 nitrogen and oxygen atoms in total. The van der Waals surface area contributed by atoms with Crippen LogP contribution in [0.3, 0.4) is 0 Å². The van der Waals surface area contributed by atoms with Gasteiger partial charge in [0.2, 0.25) is 10.0 Å². The fourth-order valence-electron chi connectivity index (χ4n) is 5.66. The first-order valence-corrected chi connectivity index (χ1v) is 17.8. The Labute approximate surface area is 273 Å². The molecule has 0 spiro atoms. The van der Waals surface area contributed by atoms with Gasteiger partial charge in [0.25, 0.3) is 5.91 Å². The van der Waals surface area contributed by atoms with E-state index in [1.54, 1.807) is 18.9 Å². The lowest BCUT2D eigenvalue weighted by Crippen LogP contribution is -2.54. The predicted octanol–water partition coefficient (Wildman–Crippen LogP) is 5.63. The highest BCUT2D eigenvalue weighted by molar-refractivity contribution is 7.89. The molecule has 0 unspecified atom stereocenters. The molecule has 0 saturated carbocycles. The molecular weight excluding hydrogens is 620 g/mol. The minimum absolute atomic E-state index is 0.00731. The number of halogens is 1. The van der Waals surface area contributed by atoms with E-state index >= 15 is 0 Å². The standard InChI is InChI=1S/C32H51ClN4O7S/c1-9-45(40,41)34(7)19-21-43-26-16-12-15-25-27(33)29(36(28(25)26)18-10-11-20-42-8)30(38)37(23(2)3)24-14-13-17-35(22-24)31(39)44-32(4,5)6/h12,15-16,23-24H,9-11,13-14,17-22H2,1-8H3/t24-/m1/s1. The molecule has 254 valence electrons. The third-order valence-corrected chi connectivity index (χ3v) is 10.1. The molecule has 3 rings (SSSR count). The lowest BCUT2D eigenvalue weighted by atomic mass is 10.0. The second kappa shape index (κ2) is 15.8. The molecule has 1 aromatic carbocycles. The van der Waals surface area contributed by atoms with Crippen molar-refractivity contribution >= 4 is 44.5 Å². The molecule has 1 fully saturated rings. The summed E-state index contributed by atoms with van der Waals surface area (Å²) in [6, 6.07) is 5.11. The van der Waals surface area contributed by atoms with Crippen LogP contribution >= 0.6 is 11.6 Å². The number of amides is 2. The lowest BCUT2D eigenvalue weighted by molar-refractivity contribution is 0.00733. The first kappa shape index (κ1) is 36.9. The number of fused-ring (bicyclic) bond motifs is 1. The van der Waals surface area contributed by atoms with Crippen molar-refractivity contribution in [1.82, 2.24) is 18.7 Å². The SMILES string of the molecule is CCS(=O)(=O)N(C)CCOc1cccc2c(Cl)c(C(=O)N(C(C)C)[C@@H]3CCCN(C(=O)OC(C)(C)C)C3)n(CCCCOC)c12. The van der Waals surface area contributed by atoms with E-state index in [0.29, 0.717) is 53.6 Å². The van der Waals surface area contributed by atoms with Gasteiger partial charge in [0.05, 0.1) is 22.3 Å². The number of ether oxygens (including phenoxy) is 3. The second-order valence-electron chi connectivity index (χ2n) is 12.8. The number of nitrogens with zero attached hydrogens (tertiary/aromatic N) is 4. The Morgan fingerprint density at radius 2 is 1.87 bits per heavy atom. The van der Waals surface area contributed by atoms with Gasteiger partial charge in [0, 0.05) is 58.4 Å². The smallest absolute Gasteiger partial charge is 0.410 e. The maximum Gasteiger partial charge on any atom is 0.410 e. The second-order valence-corrected chi connectivity index (χ2v) is 15.5. The number of methoxy groups -OCH3 is 1. The Morgan fingerprint density at radius 1 is 1.16 bits per heavy atom. The van der Waals surface area contributed by atoms with Gasteiger partial charge >= 0.3 is 6.09 Å². The summed E-state index contributed by atoms with van der Waals surface area (Å²) >= 11 is 7.05. The first-order valence-electron chi connectivity index (χ1n) is 15.8. The van der Waals surface area contributed by atoms with E-state index in [4.69, 9.17) is 25.8 Å². The van der Waals surface area contributed by atoms with Crippen molar-refractivity contribution in [3.05, 3.63) is 28.9 Å². The van der Waals surface area contributed by atoms with E-state index in [1.807, 2.05) is 62.3 Å². The van der Waals surface area contributed by atoms with Crippen LogP contribution in [0.4, 0.5) is 4.79 Å². The van der Waals surface area contributed by atoms with Gasteiger partial charge in [0.15, 0.2) is 0 Å². The molecule has 45 heavy (non-hydrogen) atoms. The summed E-state index contributed by atoms with van der Waals surface area (Å²) in [5, 5.41) is 1.02. The number of benzene rings is 1. The van der Waals surface area contributed by atoms with E-state index in [1.165, 1.54) is 11.4 Å². The van der Waals surface area contributed by atoms with Gasteiger partial charge in [-0.15, -0.1) is 0 Å². The first-order chi connectivity index (χ1) is 21.1. The number of hydrogen-bond donors (Lipinski definition) is 0. The van der Waals surface area contributed by atoms with Crippen molar-refractivity contribution < 1.29 is 32.2 Å². The molecule has 0 bridgehead atoms. The fourth-order valence-corrected chi connectivity index (χ4v) is 6.79. The van der Waals surface area contributed by atoms with Crippen LogP contribution in [0.25, 0.3) is 10.9 Å². The minimum atomic E-state index is -3.35. The summed E-state index contributed by atoms with van der Waals surface area (Å²) in [5.74, 6) is 0.314. The zero-order valence-corrected chi connectivity index (χ0v) is 29.7. The molecule has 0 aliphatic carbocycles. The van der Waals surface area contributed by atoms with Gasteiger partial charge < -0.3 is 28.6 Å². The number of aryl methyl sites for hydroxylation is 1. The van der Waals surface area contributed by atoms with Crippen LogP contribution < -0.4 is 4.74 Å². The number of rotatable bonds is 14. The Bertz CT molecular complexity index is 1420. The van der Waals surface area contributed by atoms with Crippen molar-refractivity contribution in [2.75, 3.05) is 52.8 Å².